The van der Waals surface area contributed by atoms with E-state index >= 15 is 0 Å². The summed E-state index contributed by atoms with van der Waals surface area (Å²) in [6.45, 7) is 7.25. The molecule has 3 heteroatoms. The van der Waals surface area contributed by atoms with Gasteiger partial charge in [0.1, 0.15) is 0 Å². The summed E-state index contributed by atoms with van der Waals surface area (Å²) in [5, 5.41) is 3.61. The van der Waals surface area contributed by atoms with E-state index in [9.17, 15) is 0 Å². The highest BCUT2D eigenvalue weighted by molar-refractivity contribution is 4.86. The largest absolute Gasteiger partial charge is 0.376 e. The van der Waals surface area contributed by atoms with Gasteiger partial charge in [-0.15, -0.1) is 0 Å². The summed E-state index contributed by atoms with van der Waals surface area (Å²) in [7, 11) is 0. The third-order valence-corrected chi connectivity index (χ3v) is 4.58. The van der Waals surface area contributed by atoms with E-state index in [1.54, 1.807) is 0 Å². The van der Waals surface area contributed by atoms with Crippen LogP contribution in [0.15, 0.2) is 0 Å². The maximum absolute atomic E-state index is 6.22. The van der Waals surface area contributed by atoms with Crippen LogP contribution in [0.1, 0.15) is 58.8 Å². The van der Waals surface area contributed by atoms with E-state index in [0.29, 0.717) is 18.2 Å². The first-order valence-corrected chi connectivity index (χ1v) is 8.30. The van der Waals surface area contributed by atoms with Crippen LogP contribution in [0.2, 0.25) is 0 Å². The fraction of sp³-hybridized carbons (Fsp3) is 1.00. The number of rotatable bonds is 7. The van der Waals surface area contributed by atoms with Crippen LogP contribution >= 0.6 is 0 Å². The molecule has 1 N–H and O–H groups in total. The molecule has 0 aromatic heterocycles. The van der Waals surface area contributed by atoms with Crippen molar-refractivity contribution in [2.45, 2.75) is 77.0 Å². The van der Waals surface area contributed by atoms with Gasteiger partial charge in [-0.3, -0.25) is 0 Å². The molecule has 1 aliphatic carbocycles. The van der Waals surface area contributed by atoms with Gasteiger partial charge in [0.2, 0.25) is 0 Å². The molecule has 4 atom stereocenters. The molecule has 2 fully saturated rings. The van der Waals surface area contributed by atoms with Crippen molar-refractivity contribution in [3.8, 4) is 0 Å². The zero-order valence-corrected chi connectivity index (χ0v) is 12.7. The molecular formula is C16H31NO2. The third-order valence-electron chi connectivity index (χ3n) is 4.58. The Morgan fingerprint density at radius 2 is 2.11 bits per heavy atom. The average molecular weight is 269 g/mol. The van der Waals surface area contributed by atoms with Gasteiger partial charge in [0, 0.05) is 12.6 Å². The van der Waals surface area contributed by atoms with Gasteiger partial charge in [0.05, 0.1) is 18.8 Å². The zero-order valence-electron chi connectivity index (χ0n) is 12.7. The van der Waals surface area contributed by atoms with Crippen molar-refractivity contribution < 1.29 is 9.47 Å². The molecule has 1 saturated heterocycles. The van der Waals surface area contributed by atoms with Gasteiger partial charge in [-0.05, 0) is 44.6 Å². The van der Waals surface area contributed by atoms with Crippen LogP contribution in [-0.4, -0.2) is 38.0 Å². The summed E-state index contributed by atoms with van der Waals surface area (Å²) in [6, 6.07) is 0.555. The first-order chi connectivity index (χ1) is 9.33. The van der Waals surface area contributed by atoms with E-state index in [4.69, 9.17) is 9.47 Å². The van der Waals surface area contributed by atoms with E-state index in [1.807, 2.05) is 0 Å². The summed E-state index contributed by atoms with van der Waals surface area (Å²) in [6.07, 6.45) is 9.67. The van der Waals surface area contributed by atoms with Crippen LogP contribution in [0.5, 0.6) is 0 Å². The minimum absolute atomic E-state index is 0.355. The second-order valence-electron chi connectivity index (χ2n) is 6.14. The van der Waals surface area contributed by atoms with Crippen LogP contribution in [0.3, 0.4) is 0 Å². The first-order valence-electron chi connectivity index (χ1n) is 8.30. The maximum atomic E-state index is 6.22. The molecule has 19 heavy (non-hydrogen) atoms. The Labute approximate surface area is 118 Å². The lowest BCUT2D eigenvalue weighted by Gasteiger charge is -2.37. The molecule has 0 bridgehead atoms. The molecular weight excluding hydrogens is 238 g/mol. The lowest BCUT2D eigenvalue weighted by molar-refractivity contribution is -0.0543. The quantitative estimate of drug-likeness (QED) is 0.770. The molecule has 0 aromatic rings. The summed E-state index contributed by atoms with van der Waals surface area (Å²) >= 11 is 0. The van der Waals surface area contributed by atoms with Crippen molar-refractivity contribution in [1.82, 2.24) is 5.32 Å². The average Bonchev–Trinajstić information content (AvgIpc) is 2.92. The van der Waals surface area contributed by atoms with E-state index in [2.05, 4.69) is 19.2 Å². The second kappa shape index (κ2) is 8.23. The van der Waals surface area contributed by atoms with Gasteiger partial charge < -0.3 is 14.8 Å². The molecule has 4 unspecified atom stereocenters. The molecule has 0 amide bonds. The number of nitrogens with one attached hydrogen (secondary N) is 1. The first kappa shape index (κ1) is 15.3. The van der Waals surface area contributed by atoms with Gasteiger partial charge >= 0.3 is 0 Å². The summed E-state index contributed by atoms with van der Waals surface area (Å²) in [4.78, 5) is 0. The number of hydrogen-bond donors (Lipinski definition) is 1. The van der Waals surface area contributed by atoms with Crippen molar-refractivity contribution >= 4 is 0 Å². The number of ether oxygens (including phenoxy) is 2. The highest BCUT2D eigenvalue weighted by atomic mass is 16.5. The molecule has 1 aliphatic heterocycles. The van der Waals surface area contributed by atoms with Crippen LogP contribution < -0.4 is 5.32 Å². The SMILES string of the molecule is CCCC1CCC(NCC)C(OCC2CCCO2)C1. The summed E-state index contributed by atoms with van der Waals surface area (Å²) in [5.41, 5.74) is 0. The number of hydrogen-bond acceptors (Lipinski definition) is 3. The van der Waals surface area contributed by atoms with Gasteiger partial charge in [-0.2, -0.15) is 0 Å². The monoisotopic (exact) mass is 269 g/mol. The van der Waals surface area contributed by atoms with E-state index in [-0.39, 0.29) is 0 Å². The zero-order chi connectivity index (χ0) is 13.5. The standard InChI is InChI=1S/C16H31NO2/c1-3-6-13-8-9-15(17-4-2)16(11-13)19-12-14-7-5-10-18-14/h13-17H,3-12H2,1-2H3. The smallest absolute Gasteiger partial charge is 0.0809 e. The van der Waals surface area contributed by atoms with Crippen molar-refractivity contribution in [3.63, 3.8) is 0 Å². The normalized spacial score (nSPS) is 35.7. The molecule has 0 radical (unpaired) electrons. The fourth-order valence-corrected chi connectivity index (χ4v) is 3.57. The van der Waals surface area contributed by atoms with E-state index in [0.717, 1.165) is 25.7 Å². The minimum atomic E-state index is 0.355. The topological polar surface area (TPSA) is 30.5 Å². The minimum Gasteiger partial charge on any atom is -0.376 e. The molecule has 112 valence electrons. The van der Waals surface area contributed by atoms with Crippen LogP contribution in [0.25, 0.3) is 0 Å². The van der Waals surface area contributed by atoms with Crippen LogP contribution in [-0.2, 0) is 9.47 Å². The van der Waals surface area contributed by atoms with Crippen molar-refractivity contribution in [1.29, 1.82) is 0 Å². The van der Waals surface area contributed by atoms with Gasteiger partial charge in [0.15, 0.2) is 0 Å². The lowest BCUT2D eigenvalue weighted by Crippen LogP contribution is -2.46. The third kappa shape index (κ3) is 4.73. The highest BCUT2D eigenvalue weighted by Crippen LogP contribution is 2.30. The predicted octanol–water partition coefficient (Wildman–Crippen LogP) is 3.13. The fourth-order valence-electron chi connectivity index (χ4n) is 3.57. The van der Waals surface area contributed by atoms with Gasteiger partial charge in [-0.1, -0.05) is 26.7 Å². The Bertz CT molecular complexity index is 241. The Morgan fingerprint density at radius 1 is 1.21 bits per heavy atom. The Kier molecular flexibility index (Phi) is 6.62. The number of likely N-dealkylation sites (N-methyl/N-ethyl adjacent to an activating group) is 1. The molecule has 1 saturated carbocycles. The molecule has 2 aliphatic rings. The molecule has 1 heterocycles. The predicted molar refractivity (Wildman–Crippen MR) is 78.4 cm³/mol. The highest BCUT2D eigenvalue weighted by Gasteiger charge is 2.31. The Morgan fingerprint density at radius 3 is 2.79 bits per heavy atom. The van der Waals surface area contributed by atoms with Crippen LogP contribution in [0, 0.1) is 5.92 Å². The molecule has 3 nitrogen and oxygen atoms in total. The lowest BCUT2D eigenvalue weighted by atomic mass is 9.81. The summed E-state index contributed by atoms with van der Waals surface area (Å²) < 4.78 is 11.9. The molecule has 0 spiro atoms. The molecule has 0 aromatic carbocycles. The van der Waals surface area contributed by atoms with Crippen LogP contribution in [0.4, 0.5) is 0 Å². The van der Waals surface area contributed by atoms with E-state index in [1.165, 1.54) is 44.9 Å². The van der Waals surface area contributed by atoms with Gasteiger partial charge in [0.25, 0.3) is 0 Å². The van der Waals surface area contributed by atoms with Crippen molar-refractivity contribution in [2.75, 3.05) is 19.8 Å². The maximum Gasteiger partial charge on any atom is 0.0809 e. The van der Waals surface area contributed by atoms with Crippen molar-refractivity contribution in [2.24, 2.45) is 5.92 Å². The van der Waals surface area contributed by atoms with Crippen molar-refractivity contribution in [3.05, 3.63) is 0 Å². The Hall–Kier alpha value is -0.120. The summed E-state index contributed by atoms with van der Waals surface area (Å²) in [5.74, 6) is 0.870. The Balaban J connectivity index is 1.79. The van der Waals surface area contributed by atoms with E-state index < -0.39 is 0 Å². The second-order valence-corrected chi connectivity index (χ2v) is 6.14. The molecule has 2 rings (SSSR count). The van der Waals surface area contributed by atoms with Gasteiger partial charge in [-0.25, -0.2) is 0 Å².